The lowest BCUT2D eigenvalue weighted by Crippen LogP contribution is -2.21. The van der Waals surface area contributed by atoms with Crippen LogP contribution in [-0.2, 0) is 4.79 Å². The van der Waals surface area contributed by atoms with E-state index in [1.807, 2.05) is 0 Å². The highest BCUT2D eigenvalue weighted by atomic mass is 79.9. The van der Waals surface area contributed by atoms with E-state index >= 15 is 0 Å². The van der Waals surface area contributed by atoms with Gasteiger partial charge in [-0.15, -0.1) is 0 Å². The molecule has 2 aromatic heterocycles. The quantitative estimate of drug-likeness (QED) is 0.159. The first-order chi connectivity index (χ1) is 18.2. The lowest BCUT2D eigenvalue weighted by Gasteiger charge is -2.10. The van der Waals surface area contributed by atoms with E-state index < -0.39 is 28.7 Å². The van der Waals surface area contributed by atoms with E-state index in [0.717, 1.165) is 4.68 Å². The Labute approximate surface area is 226 Å². The van der Waals surface area contributed by atoms with E-state index in [-0.39, 0.29) is 28.3 Å². The fraction of sp³-hybridized carbons (Fsp3) is 0.0400. The minimum atomic E-state index is -0.827. The second-order valence-electron chi connectivity index (χ2n) is 7.96. The van der Waals surface area contributed by atoms with Crippen molar-refractivity contribution in [3.8, 4) is 17.3 Å². The average Bonchev–Trinajstić information content (AvgIpc) is 3.30. The van der Waals surface area contributed by atoms with E-state index in [4.69, 9.17) is 26.5 Å². The van der Waals surface area contributed by atoms with E-state index in [2.05, 4.69) is 26.0 Å². The number of para-hydroxylation sites is 1. The summed E-state index contributed by atoms with van der Waals surface area (Å²) in [5, 5.41) is 17.4. The fourth-order valence-electron chi connectivity index (χ4n) is 3.77. The Bertz CT molecular complexity index is 1850. The number of carbonyl (C=O) groups excluding carboxylic acids is 1. The normalized spacial score (nSPS) is 11.4. The summed E-state index contributed by atoms with van der Waals surface area (Å²) in [5.41, 5.74) is 5.26. The highest BCUT2D eigenvalue weighted by molar-refractivity contribution is 9.10. The average molecular weight is 597 g/mol. The van der Waals surface area contributed by atoms with Crippen molar-refractivity contribution in [1.82, 2.24) is 9.66 Å². The third kappa shape index (κ3) is 4.86. The number of aromatic nitrogens is 2. The maximum absolute atomic E-state index is 13.5. The lowest BCUT2D eigenvalue weighted by atomic mass is 10.2. The van der Waals surface area contributed by atoms with Gasteiger partial charge in [-0.05, 0) is 42.5 Å². The molecule has 1 amide bonds. The number of primary amides is 1. The number of fused-ring (bicyclic) bond motifs is 2. The minimum absolute atomic E-state index is 0.0846. The number of hydrogen-bond donors (Lipinski definition) is 1. The smallest absolute Gasteiger partial charge is 0.312 e. The molecule has 0 aliphatic carbocycles. The Balaban J connectivity index is 1.72. The van der Waals surface area contributed by atoms with Crippen molar-refractivity contribution in [2.24, 2.45) is 10.8 Å². The molecule has 0 radical (unpaired) electrons. The highest BCUT2D eigenvalue weighted by Crippen LogP contribution is 2.34. The topological polar surface area (TPSA) is 156 Å². The van der Waals surface area contributed by atoms with Crippen molar-refractivity contribution in [2.45, 2.75) is 0 Å². The molecule has 0 atom stereocenters. The molecule has 0 saturated carbocycles. The molecule has 0 unspecified atom stereocenters. The molecule has 2 N–H and O–H groups in total. The van der Waals surface area contributed by atoms with Gasteiger partial charge in [0, 0.05) is 26.5 Å². The Morgan fingerprint density at radius 2 is 2.03 bits per heavy atom. The Morgan fingerprint density at radius 3 is 2.79 bits per heavy atom. The zero-order valence-electron chi connectivity index (χ0n) is 19.1. The van der Waals surface area contributed by atoms with E-state index in [1.165, 1.54) is 18.3 Å². The molecule has 5 rings (SSSR count). The molecule has 0 aliphatic heterocycles. The first-order valence-electron chi connectivity index (χ1n) is 10.9. The minimum Gasteiger partial charge on any atom is -0.476 e. The van der Waals surface area contributed by atoms with Crippen LogP contribution in [0.4, 0.5) is 5.69 Å². The summed E-state index contributed by atoms with van der Waals surface area (Å²) >= 11 is 9.33. The van der Waals surface area contributed by atoms with Gasteiger partial charge in [-0.25, -0.2) is 4.98 Å². The number of nitro groups is 1. The fourth-order valence-corrected chi connectivity index (χ4v) is 4.41. The van der Waals surface area contributed by atoms with Crippen LogP contribution in [0.5, 0.6) is 5.75 Å². The molecule has 0 fully saturated rings. The van der Waals surface area contributed by atoms with Crippen LogP contribution < -0.4 is 16.0 Å². The number of ether oxygens (including phenoxy) is 1. The van der Waals surface area contributed by atoms with Crippen LogP contribution >= 0.6 is 27.5 Å². The van der Waals surface area contributed by atoms with Gasteiger partial charge in [-0.3, -0.25) is 19.7 Å². The van der Waals surface area contributed by atoms with E-state index in [9.17, 15) is 19.7 Å². The maximum Gasteiger partial charge on any atom is 0.312 e. The molecule has 13 heteroatoms. The predicted octanol–water partition coefficient (Wildman–Crippen LogP) is 4.88. The summed E-state index contributed by atoms with van der Waals surface area (Å²) in [6, 6.07) is 16.2. The first-order valence-corrected chi connectivity index (χ1v) is 12.0. The molecule has 5 aromatic rings. The van der Waals surface area contributed by atoms with Crippen molar-refractivity contribution < 1.29 is 18.9 Å². The van der Waals surface area contributed by atoms with Crippen LogP contribution in [0, 0.1) is 10.1 Å². The van der Waals surface area contributed by atoms with Gasteiger partial charge < -0.3 is 14.9 Å². The van der Waals surface area contributed by atoms with Crippen LogP contribution in [-0.4, -0.2) is 33.3 Å². The summed E-state index contributed by atoms with van der Waals surface area (Å²) in [4.78, 5) is 40.4. The Kier molecular flexibility index (Phi) is 6.66. The Hall–Kier alpha value is -4.55. The zero-order valence-corrected chi connectivity index (χ0v) is 21.5. The van der Waals surface area contributed by atoms with E-state index in [0.29, 0.717) is 26.0 Å². The maximum atomic E-state index is 13.5. The molecule has 0 spiro atoms. The number of amides is 1. The third-order valence-corrected chi connectivity index (χ3v) is 6.08. The number of furan rings is 1. The molecular formula is C25H15BrClN5O6. The molecule has 0 saturated heterocycles. The van der Waals surface area contributed by atoms with Crippen molar-refractivity contribution in [1.29, 1.82) is 0 Å². The summed E-state index contributed by atoms with van der Waals surface area (Å²) in [6.45, 7) is -0.604. The zero-order chi connectivity index (χ0) is 27.0. The molecule has 38 heavy (non-hydrogen) atoms. The van der Waals surface area contributed by atoms with Crippen molar-refractivity contribution >= 4 is 67.2 Å². The summed E-state index contributed by atoms with van der Waals surface area (Å²) in [5.74, 6) is -0.746. The number of nitro benzene ring substituents is 1. The first kappa shape index (κ1) is 25.1. The number of nitrogens with two attached hydrogens (primary N) is 1. The number of rotatable bonds is 7. The Morgan fingerprint density at radius 1 is 1.24 bits per heavy atom. The summed E-state index contributed by atoms with van der Waals surface area (Å²) in [7, 11) is 0. The molecule has 0 aliphatic rings. The van der Waals surface area contributed by atoms with Gasteiger partial charge >= 0.3 is 5.69 Å². The largest absolute Gasteiger partial charge is 0.476 e. The van der Waals surface area contributed by atoms with Crippen LogP contribution in [0.3, 0.4) is 0 Å². The molecule has 2 heterocycles. The second-order valence-corrected chi connectivity index (χ2v) is 9.31. The van der Waals surface area contributed by atoms with Crippen LogP contribution in [0.25, 0.3) is 33.5 Å². The van der Waals surface area contributed by atoms with Gasteiger partial charge in [0.2, 0.25) is 11.6 Å². The molecule has 190 valence electrons. The van der Waals surface area contributed by atoms with Crippen molar-refractivity contribution in [3.63, 3.8) is 0 Å². The second kappa shape index (κ2) is 10.1. The van der Waals surface area contributed by atoms with Gasteiger partial charge in [0.05, 0.1) is 22.0 Å². The highest BCUT2D eigenvalue weighted by Gasteiger charge is 2.22. The van der Waals surface area contributed by atoms with Gasteiger partial charge in [-0.2, -0.15) is 9.78 Å². The number of hydrogen-bond acceptors (Lipinski definition) is 8. The third-order valence-electron chi connectivity index (χ3n) is 5.38. The van der Waals surface area contributed by atoms with Gasteiger partial charge in [0.25, 0.3) is 11.5 Å². The molecule has 11 nitrogen and oxygen atoms in total. The van der Waals surface area contributed by atoms with Gasteiger partial charge in [-0.1, -0.05) is 39.7 Å². The summed E-state index contributed by atoms with van der Waals surface area (Å²) < 4.78 is 12.6. The van der Waals surface area contributed by atoms with Gasteiger partial charge in [0.1, 0.15) is 5.58 Å². The lowest BCUT2D eigenvalue weighted by molar-refractivity contribution is -0.385. The number of nitrogens with zero attached hydrogens (tertiary/aromatic N) is 4. The van der Waals surface area contributed by atoms with Crippen molar-refractivity contribution in [3.05, 3.63) is 96.2 Å². The summed E-state index contributed by atoms with van der Waals surface area (Å²) in [6.07, 6.45) is 1.19. The van der Waals surface area contributed by atoms with Gasteiger partial charge in [0.15, 0.2) is 12.4 Å². The van der Waals surface area contributed by atoms with E-state index in [1.54, 1.807) is 48.5 Å². The SMILES string of the molecule is NC(=O)COc1c(C=Nn2c(-c3cc4cc(Cl)ccc4o3)nc3ccccc3c2=O)cc(Br)cc1[N+](=O)[O-]. The number of carbonyl (C=O) groups is 1. The number of halogens is 2. The predicted molar refractivity (Wildman–Crippen MR) is 145 cm³/mol. The van der Waals surface area contributed by atoms with Crippen molar-refractivity contribution in [2.75, 3.05) is 6.61 Å². The van der Waals surface area contributed by atoms with Crippen LogP contribution in [0.2, 0.25) is 5.02 Å². The standard InChI is InChI=1S/C25H15BrClN5O6/c26-15-7-14(23(37-12-22(28)33)19(10-15)32(35)36)11-29-31-24(30-18-4-2-1-3-17(18)25(31)34)21-9-13-8-16(27)5-6-20(13)38-21/h1-11H,12H2,(H2,28,33). The monoisotopic (exact) mass is 595 g/mol. The van der Waals surface area contributed by atoms with Crippen LogP contribution in [0.15, 0.2) is 79.4 Å². The molecule has 3 aromatic carbocycles. The molecular weight excluding hydrogens is 582 g/mol. The van der Waals surface area contributed by atoms with Crippen LogP contribution in [0.1, 0.15) is 5.56 Å². The number of benzene rings is 3. The molecule has 0 bridgehead atoms.